The monoisotopic (exact) mass is 292 g/mol. The Morgan fingerprint density at radius 1 is 1.35 bits per heavy atom. The molecule has 1 N–H and O–H groups in total. The molecular weight excluding hydrogens is 272 g/mol. The van der Waals surface area contributed by atoms with Gasteiger partial charge in [0, 0.05) is 24.9 Å². The van der Waals surface area contributed by atoms with Gasteiger partial charge in [-0.1, -0.05) is 32.4 Å². The van der Waals surface area contributed by atoms with Gasteiger partial charge in [-0.05, 0) is 18.6 Å². The summed E-state index contributed by atoms with van der Waals surface area (Å²) in [6, 6.07) is 3.81. The number of hydrogen-bond donors (Lipinski definition) is 1. The third kappa shape index (κ3) is 3.51. The van der Waals surface area contributed by atoms with Gasteiger partial charge >= 0.3 is 0 Å². The lowest BCUT2D eigenvalue weighted by atomic mass is 10.2. The molecule has 5 heteroatoms. The Balaban J connectivity index is 2.21. The van der Waals surface area contributed by atoms with Crippen LogP contribution in [0.2, 0.25) is 5.02 Å². The van der Waals surface area contributed by atoms with Gasteiger partial charge in [-0.3, -0.25) is 0 Å². The molecule has 0 fully saturated rings. The number of rotatable bonds is 6. The molecule has 20 heavy (non-hydrogen) atoms. The first-order valence-electron chi connectivity index (χ1n) is 7.02. The minimum atomic E-state index is 0.380. The SMILES string of the molecule is CCCNc1ccc(Cl)c(Cn2ccnc2C(C)C)n1. The summed E-state index contributed by atoms with van der Waals surface area (Å²) < 4.78 is 2.10. The maximum atomic E-state index is 6.26. The molecule has 0 aromatic carbocycles. The van der Waals surface area contributed by atoms with E-state index in [1.54, 1.807) is 0 Å². The zero-order chi connectivity index (χ0) is 14.5. The normalized spacial score (nSPS) is 11.1. The molecule has 0 aliphatic heterocycles. The Morgan fingerprint density at radius 2 is 2.15 bits per heavy atom. The summed E-state index contributed by atoms with van der Waals surface area (Å²) in [6.45, 7) is 7.95. The molecule has 0 bridgehead atoms. The molecule has 108 valence electrons. The van der Waals surface area contributed by atoms with Crippen molar-refractivity contribution in [3.05, 3.63) is 41.1 Å². The van der Waals surface area contributed by atoms with E-state index in [1.165, 1.54) is 0 Å². The molecule has 0 aliphatic rings. The number of nitrogens with one attached hydrogen (secondary N) is 1. The Morgan fingerprint density at radius 3 is 2.85 bits per heavy atom. The molecule has 2 heterocycles. The number of hydrogen-bond acceptors (Lipinski definition) is 3. The lowest BCUT2D eigenvalue weighted by Gasteiger charge is -2.12. The van der Waals surface area contributed by atoms with Crippen molar-refractivity contribution in [2.45, 2.75) is 39.7 Å². The highest BCUT2D eigenvalue weighted by atomic mass is 35.5. The highest BCUT2D eigenvalue weighted by molar-refractivity contribution is 6.31. The van der Waals surface area contributed by atoms with E-state index in [0.717, 1.165) is 30.3 Å². The minimum absolute atomic E-state index is 0.380. The summed E-state index contributed by atoms with van der Waals surface area (Å²) in [6.07, 6.45) is 4.86. The number of aromatic nitrogens is 3. The van der Waals surface area contributed by atoms with Gasteiger partial charge in [0.25, 0.3) is 0 Å². The summed E-state index contributed by atoms with van der Waals surface area (Å²) in [5.41, 5.74) is 0.868. The van der Waals surface area contributed by atoms with Crippen LogP contribution in [0.1, 0.15) is 44.6 Å². The standard InChI is InChI=1S/C15H21ClN4/c1-4-7-17-14-6-5-12(16)13(19-14)10-20-9-8-18-15(20)11(2)3/h5-6,8-9,11H,4,7,10H2,1-3H3,(H,17,19). The van der Waals surface area contributed by atoms with E-state index in [9.17, 15) is 0 Å². The molecule has 0 saturated carbocycles. The summed E-state index contributed by atoms with van der Waals surface area (Å²) in [5, 5.41) is 3.97. The van der Waals surface area contributed by atoms with Crippen LogP contribution in [0.5, 0.6) is 0 Å². The van der Waals surface area contributed by atoms with Crippen LogP contribution in [0, 0.1) is 0 Å². The van der Waals surface area contributed by atoms with E-state index < -0.39 is 0 Å². The third-order valence-corrected chi connectivity index (χ3v) is 3.40. The van der Waals surface area contributed by atoms with Crippen molar-refractivity contribution in [2.75, 3.05) is 11.9 Å². The summed E-state index contributed by atoms with van der Waals surface area (Å²) in [4.78, 5) is 8.98. The predicted octanol–water partition coefficient (Wildman–Crippen LogP) is 3.93. The predicted molar refractivity (Wildman–Crippen MR) is 83.4 cm³/mol. The van der Waals surface area contributed by atoms with E-state index in [4.69, 9.17) is 11.6 Å². The second-order valence-electron chi connectivity index (χ2n) is 5.12. The zero-order valence-corrected chi connectivity index (χ0v) is 13.0. The molecule has 0 aliphatic carbocycles. The first kappa shape index (κ1) is 14.9. The topological polar surface area (TPSA) is 42.7 Å². The fourth-order valence-electron chi connectivity index (χ4n) is 2.06. The molecule has 0 atom stereocenters. The van der Waals surface area contributed by atoms with Gasteiger partial charge in [0.05, 0.1) is 17.3 Å². The second-order valence-corrected chi connectivity index (χ2v) is 5.53. The van der Waals surface area contributed by atoms with Gasteiger partial charge in [-0.15, -0.1) is 0 Å². The number of halogens is 1. The fraction of sp³-hybridized carbons (Fsp3) is 0.467. The van der Waals surface area contributed by atoms with Crippen LogP contribution in [0.3, 0.4) is 0 Å². The van der Waals surface area contributed by atoms with Crippen LogP contribution in [0.25, 0.3) is 0 Å². The van der Waals surface area contributed by atoms with Crippen molar-refractivity contribution in [1.29, 1.82) is 0 Å². The minimum Gasteiger partial charge on any atom is -0.370 e. The van der Waals surface area contributed by atoms with E-state index >= 15 is 0 Å². The lowest BCUT2D eigenvalue weighted by molar-refractivity contribution is 0.661. The first-order valence-corrected chi connectivity index (χ1v) is 7.40. The quantitative estimate of drug-likeness (QED) is 0.877. The van der Waals surface area contributed by atoms with E-state index in [2.05, 4.69) is 40.6 Å². The molecule has 0 saturated heterocycles. The van der Waals surface area contributed by atoms with E-state index in [1.807, 2.05) is 24.5 Å². The van der Waals surface area contributed by atoms with Crippen LogP contribution in [-0.2, 0) is 6.54 Å². The number of imidazole rings is 1. The van der Waals surface area contributed by atoms with E-state index in [-0.39, 0.29) is 0 Å². The van der Waals surface area contributed by atoms with Crippen LogP contribution in [0.15, 0.2) is 24.5 Å². The van der Waals surface area contributed by atoms with Crippen molar-refractivity contribution >= 4 is 17.4 Å². The highest BCUT2D eigenvalue weighted by Gasteiger charge is 2.10. The Bertz CT molecular complexity index is 563. The third-order valence-electron chi connectivity index (χ3n) is 3.06. The molecule has 0 amide bonds. The van der Waals surface area contributed by atoms with Crippen molar-refractivity contribution in [3.63, 3.8) is 0 Å². The lowest BCUT2D eigenvalue weighted by Crippen LogP contribution is -2.09. The first-order chi connectivity index (χ1) is 9.61. The van der Waals surface area contributed by atoms with Gasteiger partial charge in [-0.25, -0.2) is 9.97 Å². The highest BCUT2D eigenvalue weighted by Crippen LogP contribution is 2.20. The molecule has 0 unspecified atom stereocenters. The van der Waals surface area contributed by atoms with Gasteiger partial charge in [-0.2, -0.15) is 0 Å². The number of pyridine rings is 1. The molecule has 2 aromatic heterocycles. The van der Waals surface area contributed by atoms with E-state index in [0.29, 0.717) is 17.5 Å². The molecule has 2 aromatic rings. The second kappa shape index (κ2) is 6.75. The van der Waals surface area contributed by atoms with Crippen LogP contribution >= 0.6 is 11.6 Å². The van der Waals surface area contributed by atoms with Crippen molar-refractivity contribution in [3.8, 4) is 0 Å². The van der Waals surface area contributed by atoms with Crippen molar-refractivity contribution < 1.29 is 0 Å². The Labute approximate surface area is 125 Å². The van der Waals surface area contributed by atoms with Crippen LogP contribution in [0.4, 0.5) is 5.82 Å². The van der Waals surface area contributed by atoms with Crippen LogP contribution in [-0.4, -0.2) is 21.1 Å². The maximum absolute atomic E-state index is 6.26. The summed E-state index contributed by atoms with van der Waals surface area (Å²) >= 11 is 6.26. The Kier molecular flexibility index (Phi) is 5.01. The summed E-state index contributed by atoms with van der Waals surface area (Å²) in [7, 11) is 0. The Hall–Kier alpha value is -1.55. The average molecular weight is 293 g/mol. The van der Waals surface area contributed by atoms with Crippen molar-refractivity contribution in [1.82, 2.24) is 14.5 Å². The molecule has 0 radical (unpaired) electrons. The average Bonchev–Trinajstić information content (AvgIpc) is 2.88. The smallest absolute Gasteiger partial charge is 0.126 e. The molecule has 2 rings (SSSR count). The number of nitrogens with zero attached hydrogens (tertiary/aromatic N) is 3. The maximum Gasteiger partial charge on any atom is 0.126 e. The van der Waals surface area contributed by atoms with Gasteiger partial charge < -0.3 is 9.88 Å². The molecule has 0 spiro atoms. The molecular formula is C15H21ClN4. The fourth-order valence-corrected chi connectivity index (χ4v) is 2.23. The largest absolute Gasteiger partial charge is 0.370 e. The molecule has 4 nitrogen and oxygen atoms in total. The van der Waals surface area contributed by atoms with Gasteiger partial charge in [0.15, 0.2) is 0 Å². The summed E-state index contributed by atoms with van der Waals surface area (Å²) in [5.74, 6) is 2.30. The van der Waals surface area contributed by atoms with Crippen LogP contribution < -0.4 is 5.32 Å². The van der Waals surface area contributed by atoms with Gasteiger partial charge in [0.2, 0.25) is 0 Å². The van der Waals surface area contributed by atoms with Crippen molar-refractivity contribution in [2.24, 2.45) is 0 Å². The zero-order valence-electron chi connectivity index (χ0n) is 12.2. The van der Waals surface area contributed by atoms with Gasteiger partial charge in [0.1, 0.15) is 11.6 Å². The number of anilines is 1.